The Morgan fingerprint density at radius 2 is 1.92 bits per heavy atom. The zero-order valence-corrected chi connectivity index (χ0v) is 13.6. The minimum atomic E-state index is -2.74. The Morgan fingerprint density at radius 1 is 1.16 bits per heavy atom. The van der Waals surface area contributed by atoms with Gasteiger partial charge in [0.15, 0.2) is 23.4 Å². The van der Waals surface area contributed by atoms with E-state index in [9.17, 15) is 8.78 Å². The predicted octanol–water partition coefficient (Wildman–Crippen LogP) is 4.45. The average Bonchev–Trinajstić information content (AvgIpc) is 3.02. The van der Waals surface area contributed by atoms with E-state index in [0.717, 1.165) is 4.57 Å². The highest BCUT2D eigenvalue weighted by molar-refractivity contribution is 5.76. The second kappa shape index (κ2) is 6.77. The number of nitriles is 1. The molecule has 3 aromatic rings. The summed E-state index contributed by atoms with van der Waals surface area (Å²) in [6.07, 6.45) is -0.747. The predicted molar refractivity (Wildman–Crippen MR) is 87.7 cm³/mol. The van der Waals surface area contributed by atoms with Crippen LogP contribution in [-0.2, 0) is 0 Å². The molecule has 0 aliphatic carbocycles. The minimum absolute atomic E-state index is 0.114. The number of alkyl halides is 2. The first-order chi connectivity index (χ1) is 12.0. The molecule has 0 bridgehead atoms. The van der Waals surface area contributed by atoms with Crippen molar-refractivity contribution < 1.29 is 18.3 Å². The summed E-state index contributed by atoms with van der Waals surface area (Å²) in [6.45, 7) is -1.10. The van der Waals surface area contributed by atoms with E-state index in [1.165, 1.54) is 13.2 Å². The van der Waals surface area contributed by atoms with Gasteiger partial charge in [0.05, 0.1) is 29.8 Å². The molecule has 2 aromatic carbocycles. The maximum absolute atomic E-state index is 13.5. The van der Waals surface area contributed by atoms with Crippen molar-refractivity contribution in [1.29, 1.82) is 5.26 Å². The lowest BCUT2D eigenvalue weighted by atomic mass is 10.2. The Balaban J connectivity index is 1.99. The summed E-state index contributed by atoms with van der Waals surface area (Å²) in [6, 6.07) is 13.4. The molecule has 25 heavy (non-hydrogen) atoms. The van der Waals surface area contributed by atoms with Crippen LogP contribution in [0.1, 0.15) is 31.0 Å². The molecule has 5 nitrogen and oxygen atoms in total. The van der Waals surface area contributed by atoms with Gasteiger partial charge in [-0.05, 0) is 31.2 Å². The van der Waals surface area contributed by atoms with Crippen LogP contribution in [-0.4, -0.2) is 16.7 Å². The van der Waals surface area contributed by atoms with Crippen LogP contribution in [0.2, 0.25) is 0 Å². The van der Waals surface area contributed by atoms with Gasteiger partial charge in [-0.25, -0.2) is 4.98 Å². The van der Waals surface area contributed by atoms with Gasteiger partial charge in [-0.1, -0.05) is 12.1 Å². The van der Waals surface area contributed by atoms with E-state index in [1.54, 1.807) is 43.3 Å². The van der Waals surface area contributed by atoms with Crippen LogP contribution in [0.15, 0.2) is 42.5 Å². The number of benzene rings is 2. The normalized spacial score (nSPS) is 12.2. The lowest BCUT2D eigenvalue weighted by Gasteiger charge is -2.18. The molecule has 3 rings (SSSR count). The van der Waals surface area contributed by atoms with Gasteiger partial charge in [0.2, 0.25) is 0 Å². The smallest absolute Gasteiger partial charge is 0.320 e. The highest BCUT2D eigenvalue weighted by Crippen LogP contribution is 2.34. The Morgan fingerprint density at radius 3 is 2.60 bits per heavy atom. The zero-order valence-electron chi connectivity index (χ0n) is 13.6. The number of hydrogen-bond donors (Lipinski definition) is 0. The molecule has 1 unspecified atom stereocenters. The van der Waals surface area contributed by atoms with Gasteiger partial charge in [-0.2, -0.15) is 14.0 Å². The van der Waals surface area contributed by atoms with Gasteiger partial charge < -0.3 is 9.47 Å². The van der Waals surface area contributed by atoms with Gasteiger partial charge in [-0.3, -0.25) is 4.57 Å². The third-order valence-corrected chi connectivity index (χ3v) is 3.78. The topological polar surface area (TPSA) is 60.1 Å². The number of hydrogen-bond acceptors (Lipinski definition) is 4. The zero-order chi connectivity index (χ0) is 18.0. The van der Waals surface area contributed by atoms with Crippen LogP contribution < -0.4 is 9.47 Å². The molecule has 0 saturated carbocycles. The fourth-order valence-corrected chi connectivity index (χ4v) is 2.63. The molecule has 0 spiro atoms. The third-order valence-electron chi connectivity index (χ3n) is 3.78. The summed E-state index contributed by atoms with van der Waals surface area (Å²) < 4.78 is 38.9. The Kier molecular flexibility index (Phi) is 4.52. The van der Waals surface area contributed by atoms with Gasteiger partial charge in [0.1, 0.15) is 0 Å². The van der Waals surface area contributed by atoms with E-state index in [0.29, 0.717) is 28.1 Å². The third kappa shape index (κ3) is 3.11. The van der Waals surface area contributed by atoms with Crippen molar-refractivity contribution in [2.45, 2.75) is 19.6 Å². The van der Waals surface area contributed by atoms with Crippen molar-refractivity contribution in [3.05, 3.63) is 53.9 Å². The van der Waals surface area contributed by atoms with Crippen molar-refractivity contribution in [3.63, 3.8) is 0 Å². The fourth-order valence-electron chi connectivity index (χ4n) is 2.63. The number of halogens is 2. The molecule has 0 amide bonds. The summed E-state index contributed by atoms with van der Waals surface area (Å²) in [5.74, 6) is 0.815. The highest BCUT2D eigenvalue weighted by Gasteiger charge is 2.23. The average molecular weight is 343 g/mol. The largest absolute Gasteiger partial charge is 0.493 e. The first-order valence-corrected chi connectivity index (χ1v) is 7.55. The van der Waals surface area contributed by atoms with Gasteiger partial charge in [0.25, 0.3) is 0 Å². The number of ether oxygens (including phenoxy) is 2. The first kappa shape index (κ1) is 16.7. The maximum atomic E-state index is 13.5. The van der Waals surface area contributed by atoms with Crippen LogP contribution in [0.3, 0.4) is 0 Å². The minimum Gasteiger partial charge on any atom is -0.493 e. The molecule has 0 saturated heterocycles. The van der Waals surface area contributed by atoms with Crippen molar-refractivity contribution in [2.75, 3.05) is 7.11 Å². The molecule has 7 heteroatoms. The molecule has 0 radical (unpaired) electrons. The Labute approximate surface area is 143 Å². The molecule has 1 heterocycles. The van der Waals surface area contributed by atoms with Gasteiger partial charge in [0, 0.05) is 6.07 Å². The van der Waals surface area contributed by atoms with Crippen LogP contribution in [0.5, 0.6) is 11.5 Å². The van der Waals surface area contributed by atoms with E-state index in [2.05, 4.69) is 4.98 Å². The van der Waals surface area contributed by atoms with Crippen LogP contribution in [0, 0.1) is 11.3 Å². The monoisotopic (exact) mass is 343 g/mol. The van der Waals surface area contributed by atoms with E-state index in [1.807, 2.05) is 6.07 Å². The fraction of sp³-hybridized carbons (Fsp3) is 0.222. The number of methoxy groups -OCH3 is 1. The van der Waals surface area contributed by atoms with E-state index in [-0.39, 0.29) is 5.82 Å². The standard InChI is InChI=1S/C18H15F2N3O2/c1-11(25-15-8-7-12(10-21)9-16(15)24-2)17-22-13-5-3-4-6-14(13)23(17)18(19)20/h3-9,11,18H,1-2H3. The number of rotatable bonds is 5. The quantitative estimate of drug-likeness (QED) is 0.687. The molecule has 128 valence electrons. The Hall–Kier alpha value is -3.14. The van der Waals surface area contributed by atoms with Gasteiger partial charge >= 0.3 is 6.55 Å². The van der Waals surface area contributed by atoms with Crippen LogP contribution in [0.25, 0.3) is 11.0 Å². The van der Waals surface area contributed by atoms with Crippen LogP contribution >= 0.6 is 0 Å². The summed E-state index contributed by atoms with van der Waals surface area (Å²) in [4.78, 5) is 4.28. The SMILES string of the molecule is COc1cc(C#N)ccc1OC(C)c1nc2ccccc2n1C(F)F. The summed E-state index contributed by atoms with van der Waals surface area (Å²) in [5.41, 5.74) is 1.23. The highest BCUT2D eigenvalue weighted by atomic mass is 19.3. The molecule has 0 fully saturated rings. The molecule has 1 atom stereocenters. The maximum Gasteiger partial charge on any atom is 0.320 e. The number of aromatic nitrogens is 2. The lowest BCUT2D eigenvalue weighted by molar-refractivity contribution is 0.0629. The molecular formula is C18H15F2N3O2. The lowest BCUT2D eigenvalue weighted by Crippen LogP contribution is -2.13. The number of imidazole rings is 1. The number of para-hydroxylation sites is 2. The molecule has 0 aliphatic heterocycles. The van der Waals surface area contributed by atoms with E-state index < -0.39 is 12.7 Å². The number of nitrogens with zero attached hydrogens (tertiary/aromatic N) is 3. The molecule has 0 N–H and O–H groups in total. The summed E-state index contributed by atoms with van der Waals surface area (Å²) in [5, 5.41) is 8.94. The second-order valence-corrected chi connectivity index (χ2v) is 5.34. The number of fused-ring (bicyclic) bond motifs is 1. The molecule has 0 aliphatic rings. The van der Waals surface area contributed by atoms with E-state index in [4.69, 9.17) is 14.7 Å². The molecular weight excluding hydrogens is 328 g/mol. The first-order valence-electron chi connectivity index (χ1n) is 7.55. The van der Waals surface area contributed by atoms with Crippen molar-refractivity contribution in [3.8, 4) is 17.6 Å². The molecule has 1 aromatic heterocycles. The summed E-state index contributed by atoms with van der Waals surface area (Å²) >= 11 is 0. The van der Waals surface area contributed by atoms with Crippen molar-refractivity contribution in [1.82, 2.24) is 9.55 Å². The van der Waals surface area contributed by atoms with Gasteiger partial charge in [-0.15, -0.1) is 0 Å². The van der Waals surface area contributed by atoms with Crippen LogP contribution in [0.4, 0.5) is 8.78 Å². The van der Waals surface area contributed by atoms with Crippen molar-refractivity contribution >= 4 is 11.0 Å². The van der Waals surface area contributed by atoms with E-state index >= 15 is 0 Å². The second-order valence-electron chi connectivity index (χ2n) is 5.34. The van der Waals surface area contributed by atoms with Crippen molar-refractivity contribution in [2.24, 2.45) is 0 Å². The summed E-state index contributed by atoms with van der Waals surface area (Å²) in [7, 11) is 1.45. The Bertz CT molecular complexity index is 947.